The van der Waals surface area contributed by atoms with Gasteiger partial charge in [-0.3, -0.25) is 5.10 Å². The molecule has 3 aromatic heterocycles. The Kier molecular flexibility index (Phi) is 5.40. The van der Waals surface area contributed by atoms with Crippen molar-refractivity contribution in [2.24, 2.45) is 5.92 Å². The Morgan fingerprint density at radius 1 is 1.23 bits per heavy atom. The van der Waals surface area contributed by atoms with Crippen LogP contribution in [0.3, 0.4) is 0 Å². The highest BCUT2D eigenvalue weighted by Gasteiger charge is 2.36. The van der Waals surface area contributed by atoms with E-state index in [9.17, 15) is 13.2 Å². The zero-order valence-corrected chi connectivity index (χ0v) is 17.2. The molecule has 0 unspecified atom stereocenters. The standard InChI is InChI=1S/C21H25F3N6.H2/c1-12(2)9-14-11-30(10-13(3)26-14)17-7-6-16(21(22,23)24)19(27-17)18-15-5-4-8-25-20(15)29-28-18;/h4-8,12-14,26H,9-11H2,1-3H3,(H,25,28,29);1H/t13-,14-;/m0./s1. The van der Waals surface area contributed by atoms with E-state index in [1.165, 1.54) is 6.07 Å². The molecule has 1 aliphatic rings. The van der Waals surface area contributed by atoms with E-state index in [1.807, 2.05) is 0 Å². The van der Waals surface area contributed by atoms with E-state index < -0.39 is 11.7 Å². The monoisotopic (exact) mass is 420 g/mol. The summed E-state index contributed by atoms with van der Waals surface area (Å²) < 4.78 is 41.3. The number of hydrogen-bond acceptors (Lipinski definition) is 5. The Balaban J connectivity index is 0.00000272. The molecule has 1 fully saturated rings. The fourth-order valence-corrected chi connectivity index (χ4v) is 4.15. The molecule has 0 aromatic carbocycles. The number of nitrogens with one attached hydrogen (secondary N) is 2. The van der Waals surface area contributed by atoms with Gasteiger partial charge in [0.2, 0.25) is 0 Å². The smallest absolute Gasteiger partial charge is 0.353 e. The van der Waals surface area contributed by atoms with Gasteiger partial charge in [0, 0.05) is 38.2 Å². The molecule has 0 radical (unpaired) electrons. The minimum atomic E-state index is -4.53. The first-order valence-electron chi connectivity index (χ1n) is 10.1. The predicted molar refractivity (Wildman–Crippen MR) is 112 cm³/mol. The number of pyridine rings is 2. The van der Waals surface area contributed by atoms with E-state index >= 15 is 0 Å². The Bertz CT molecular complexity index is 1030. The second-order valence-electron chi connectivity index (χ2n) is 8.34. The van der Waals surface area contributed by atoms with Crippen molar-refractivity contribution in [2.45, 2.75) is 45.5 Å². The van der Waals surface area contributed by atoms with E-state index in [0.29, 0.717) is 35.9 Å². The molecular weight excluding hydrogens is 393 g/mol. The van der Waals surface area contributed by atoms with Crippen LogP contribution >= 0.6 is 0 Å². The minimum absolute atomic E-state index is 0. The molecular formula is C21H27F3N6. The molecule has 6 nitrogen and oxygen atoms in total. The average molecular weight is 420 g/mol. The fraction of sp³-hybridized carbons (Fsp3) is 0.476. The molecule has 0 bridgehead atoms. The number of rotatable bonds is 4. The number of aromatic nitrogens is 4. The highest BCUT2D eigenvalue weighted by molar-refractivity contribution is 5.90. The van der Waals surface area contributed by atoms with E-state index in [4.69, 9.17) is 0 Å². The van der Waals surface area contributed by atoms with Gasteiger partial charge >= 0.3 is 6.18 Å². The SMILES string of the molecule is CC(C)C[C@H]1CN(c2ccc(C(F)(F)F)c(-c3[nH]nc4ncccc34)n2)C[C@H](C)N1.[HH]. The maximum atomic E-state index is 13.8. The second kappa shape index (κ2) is 7.86. The van der Waals surface area contributed by atoms with E-state index in [1.54, 1.807) is 18.3 Å². The van der Waals surface area contributed by atoms with Gasteiger partial charge in [0.15, 0.2) is 5.65 Å². The average Bonchev–Trinajstić information content (AvgIpc) is 3.10. The van der Waals surface area contributed by atoms with Crippen LogP contribution in [0, 0.1) is 5.92 Å². The van der Waals surface area contributed by atoms with Gasteiger partial charge in [0.05, 0.1) is 11.3 Å². The number of nitrogens with zero attached hydrogens (tertiary/aromatic N) is 4. The van der Waals surface area contributed by atoms with Crippen molar-refractivity contribution in [3.8, 4) is 11.4 Å². The summed E-state index contributed by atoms with van der Waals surface area (Å²) in [7, 11) is 0. The third-order valence-corrected chi connectivity index (χ3v) is 5.29. The van der Waals surface area contributed by atoms with Gasteiger partial charge in [-0.25, -0.2) is 9.97 Å². The van der Waals surface area contributed by atoms with Crippen molar-refractivity contribution >= 4 is 16.9 Å². The second-order valence-corrected chi connectivity index (χ2v) is 8.34. The topological polar surface area (TPSA) is 69.7 Å². The van der Waals surface area contributed by atoms with Gasteiger partial charge < -0.3 is 10.2 Å². The zero-order valence-electron chi connectivity index (χ0n) is 17.2. The number of alkyl halides is 3. The summed E-state index contributed by atoms with van der Waals surface area (Å²) in [6, 6.07) is 6.43. The molecule has 30 heavy (non-hydrogen) atoms. The van der Waals surface area contributed by atoms with Crippen molar-refractivity contribution in [2.75, 3.05) is 18.0 Å². The molecule has 4 rings (SSSR count). The first-order valence-corrected chi connectivity index (χ1v) is 10.1. The van der Waals surface area contributed by atoms with Crippen LogP contribution in [0.25, 0.3) is 22.4 Å². The van der Waals surface area contributed by atoms with Crippen molar-refractivity contribution in [3.05, 3.63) is 36.0 Å². The molecule has 2 atom stereocenters. The highest BCUT2D eigenvalue weighted by Crippen LogP contribution is 2.38. The van der Waals surface area contributed by atoms with Crippen molar-refractivity contribution in [3.63, 3.8) is 0 Å². The van der Waals surface area contributed by atoms with Crippen molar-refractivity contribution < 1.29 is 14.6 Å². The van der Waals surface area contributed by atoms with Gasteiger partial charge in [0.25, 0.3) is 0 Å². The molecule has 0 aliphatic carbocycles. The summed E-state index contributed by atoms with van der Waals surface area (Å²) >= 11 is 0. The van der Waals surface area contributed by atoms with Crippen LogP contribution in [0.2, 0.25) is 0 Å². The Morgan fingerprint density at radius 3 is 2.77 bits per heavy atom. The van der Waals surface area contributed by atoms with Crippen LogP contribution in [-0.4, -0.2) is 45.3 Å². The Labute approximate surface area is 174 Å². The molecule has 9 heteroatoms. The Hall–Kier alpha value is -2.68. The number of hydrogen-bond donors (Lipinski definition) is 2. The number of anilines is 1. The lowest BCUT2D eigenvalue weighted by Crippen LogP contribution is -2.56. The first-order chi connectivity index (χ1) is 14.2. The maximum Gasteiger partial charge on any atom is 0.418 e. The minimum Gasteiger partial charge on any atom is -0.353 e. The predicted octanol–water partition coefficient (Wildman–Crippen LogP) is 4.50. The quantitative estimate of drug-likeness (QED) is 0.651. The van der Waals surface area contributed by atoms with E-state index in [2.05, 4.69) is 51.2 Å². The van der Waals surface area contributed by atoms with Crippen LogP contribution in [-0.2, 0) is 6.18 Å². The van der Waals surface area contributed by atoms with Crippen LogP contribution in [0.15, 0.2) is 30.5 Å². The van der Waals surface area contributed by atoms with Crippen LogP contribution < -0.4 is 10.2 Å². The molecule has 0 saturated carbocycles. The molecule has 3 aromatic rings. The number of H-pyrrole nitrogens is 1. The number of aromatic amines is 1. The fourth-order valence-electron chi connectivity index (χ4n) is 4.15. The van der Waals surface area contributed by atoms with Crippen molar-refractivity contribution in [1.82, 2.24) is 25.5 Å². The van der Waals surface area contributed by atoms with Crippen molar-refractivity contribution in [1.29, 1.82) is 0 Å². The van der Waals surface area contributed by atoms with E-state index in [-0.39, 0.29) is 24.9 Å². The van der Waals surface area contributed by atoms with Crippen LogP contribution in [0.4, 0.5) is 19.0 Å². The zero-order chi connectivity index (χ0) is 21.5. The van der Waals surface area contributed by atoms with E-state index in [0.717, 1.165) is 12.5 Å². The number of piperazine rings is 1. The lowest BCUT2D eigenvalue weighted by atomic mass is 10.00. The maximum absolute atomic E-state index is 13.8. The van der Waals surface area contributed by atoms with Gasteiger partial charge in [0.1, 0.15) is 11.5 Å². The molecule has 2 N–H and O–H groups in total. The Morgan fingerprint density at radius 2 is 2.03 bits per heavy atom. The largest absolute Gasteiger partial charge is 0.418 e. The molecule has 1 aliphatic heterocycles. The normalized spacial score (nSPS) is 20.3. The summed E-state index contributed by atoms with van der Waals surface area (Å²) in [5.74, 6) is 1.06. The molecule has 0 amide bonds. The highest BCUT2D eigenvalue weighted by atomic mass is 19.4. The molecule has 162 valence electrons. The number of halogens is 3. The summed E-state index contributed by atoms with van der Waals surface area (Å²) in [5.41, 5.74) is -0.348. The van der Waals surface area contributed by atoms with Crippen LogP contribution in [0.5, 0.6) is 0 Å². The summed E-state index contributed by atoms with van der Waals surface area (Å²) in [5, 5.41) is 10.8. The lowest BCUT2D eigenvalue weighted by Gasteiger charge is -2.39. The molecule has 0 spiro atoms. The summed E-state index contributed by atoms with van der Waals surface area (Å²) in [6.07, 6.45) is -1.99. The number of fused-ring (bicyclic) bond motifs is 1. The van der Waals surface area contributed by atoms with Gasteiger partial charge in [-0.05, 0) is 43.5 Å². The van der Waals surface area contributed by atoms with Gasteiger partial charge in [-0.1, -0.05) is 13.8 Å². The summed E-state index contributed by atoms with van der Waals surface area (Å²) in [4.78, 5) is 10.7. The van der Waals surface area contributed by atoms with Crippen LogP contribution in [0.1, 0.15) is 34.2 Å². The van der Waals surface area contributed by atoms with Gasteiger partial charge in [-0.2, -0.15) is 18.3 Å². The first kappa shape index (κ1) is 20.6. The molecule has 1 saturated heterocycles. The third-order valence-electron chi connectivity index (χ3n) is 5.29. The third kappa shape index (κ3) is 4.12. The van der Waals surface area contributed by atoms with Gasteiger partial charge in [-0.15, -0.1) is 0 Å². The lowest BCUT2D eigenvalue weighted by molar-refractivity contribution is -0.137. The molecule has 4 heterocycles. The summed E-state index contributed by atoms with van der Waals surface area (Å²) in [6.45, 7) is 7.79.